The maximum Gasteiger partial charge on any atom is 0.0644 e. The summed E-state index contributed by atoms with van der Waals surface area (Å²) in [5.41, 5.74) is 2.47. The van der Waals surface area contributed by atoms with E-state index in [1.54, 1.807) is 0 Å². The second-order valence-corrected chi connectivity index (χ2v) is 17.2. The molecule has 160 valence electrons. The van der Waals surface area contributed by atoms with Gasteiger partial charge in [-0.05, 0) is 50.4 Å². The van der Waals surface area contributed by atoms with Crippen molar-refractivity contribution in [1.29, 1.82) is 0 Å². The van der Waals surface area contributed by atoms with E-state index in [1.165, 1.54) is 10.9 Å². The molecule has 0 N–H and O–H groups in total. The van der Waals surface area contributed by atoms with Crippen LogP contribution in [0.2, 0.25) is 0 Å². The molecule has 0 saturated heterocycles. The zero-order valence-corrected chi connectivity index (χ0v) is 21.5. The first kappa shape index (κ1) is 23.3. The molecule has 2 nitrogen and oxygen atoms in total. The fourth-order valence-electron chi connectivity index (χ4n) is 4.95. The van der Waals surface area contributed by atoms with Gasteiger partial charge < -0.3 is 0 Å². The van der Waals surface area contributed by atoms with Crippen molar-refractivity contribution in [3.8, 4) is 0 Å². The number of nitrogens with zero attached hydrogens (tertiary/aromatic N) is 2. The molecule has 2 aromatic rings. The van der Waals surface area contributed by atoms with Gasteiger partial charge in [0.2, 0.25) is 0 Å². The van der Waals surface area contributed by atoms with Gasteiger partial charge in [-0.15, -0.1) is 0 Å². The van der Waals surface area contributed by atoms with Gasteiger partial charge >= 0.3 is 0 Å². The third-order valence-electron chi connectivity index (χ3n) is 6.00. The van der Waals surface area contributed by atoms with Crippen LogP contribution in [0.15, 0.2) is 73.1 Å². The van der Waals surface area contributed by atoms with Crippen LogP contribution < -0.4 is 10.9 Å². The molecular weight excluding hydrogens is 402 g/mol. The fraction of sp³-hybridized carbons (Fsp3) is 0.462. The van der Waals surface area contributed by atoms with E-state index in [4.69, 9.17) is 9.97 Å². The Kier molecular flexibility index (Phi) is 6.44. The molecule has 0 aromatic carbocycles. The lowest BCUT2D eigenvalue weighted by atomic mass is 9.89. The van der Waals surface area contributed by atoms with Crippen LogP contribution >= 0.6 is 15.8 Å². The highest BCUT2D eigenvalue weighted by atomic mass is 31.1. The molecule has 0 amide bonds. The van der Waals surface area contributed by atoms with E-state index < -0.39 is 15.8 Å². The SMILES string of the molecule is CC(C)(C)P(c1ccccn1)C1(C)C=CC=CC1(C)P(c1ccccn1)C(C)(C)C. The van der Waals surface area contributed by atoms with Crippen LogP contribution in [0.5, 0.6) is 0 Å². The van der Waals surface area contributed by atoms with Gasteiger partial charge in [0, 0.05) is 22.7 Å². The minimum atomic E-state index is -0.616. The maximum absolute atomic E-state index is 4.89. The number of pyridine rings is 2. The van der Waals surface area contributed by atoms with Crippen LogP contribution in [0.3, 0.4) is 0 Å². The van der Waals surface area contributed by atoms with Crippen LogP contribution in [0.4, 0.5) is 0 Å². The van der Waals surface area contributed by atoms with E-state index in [-0.39, 0.29) is 20.6 Å². The van der Waals surface area contributed by atoms with Gasteiger partial charge in [-0.1, -0.05) is 91.8 Å². The van der Waals surface area contributed by atoms with Gasteiger partial charge in [0.25, 0.3) is 0 Å². The maximum atomic E-state index is 4.89. The van der Waals surface area contributed by atoms with Crippen molar-refractivity contribution in [3.63, 3.8) is 0 Å². The minimum Gasteiger partial charge on any atom is -0.256 e. The Balaban J connectivity index is 2.28. The summed E-state index contributed by atoms with van der Waals surface area (Å²) in [6, 6.07) is 12.8. The summed E-state index contributed by atoms with van der Waals surface area (Å²) < 4.78 is 0. The molecule has 2 aromatic heterocycles. The largest absolute Gasteiger partial charge is 0.256 e. The number of hydrogen-bond donors (Lipinski definition) is 0. The first-order valence-electron chi connectivity index (χ1n) is 10.7. The van der Waals surface area contributed by atoms with E-state index in [0.29, 0.717) is 0 Å². The Morgan fingerprint density at radius 1 is 0.633 bits per heavy atom. The third kappa shape index (κ3) is 4.19. The first-order chi connectivity index (χ1) is 13.9. The number of rotatable bonds is 4. The standard InChI is InChI=1S/C26H36N2P2/c1-23(2,3)29(21-15-9-13-19-27-21)25(7)17-11-12-18-26(25,8)30(24(4,5)6)22-16-10-14-20-28-22/h9-20H,1-8H3. The molecule has 1 aliphatic carbocycles. The molecule has 0 radical (unpaired) electrons. The molecule has 0 bridgehead atoms. The molecule has 4 unspecified atom stereocenters. The summed E-state index contributed by atoms with van der Waals surface area (Å²) in [6.45, 7) is 19.2. The van der Waals surface area contributed by atoms with Crippen molar-refractivity contribution >= 4 is 26.7 Å². The zero-order chi connectivity index (χ0) is 22.2. The van der Waals surface area contributed by atoms with Gasteiger partial charge in [0.1, 0.15) is 0 Å². The van der Waals surface area contributed by atoms with Crippen molar-refractivity contribution in [2.45, 2.75) is 76.0 Å². The fourth-order valence-corrected chi connectivity index (χ4v) is 13.0. The number of hydrogen-bond acceptors (Lipinski definition) is 2. The van der Waals surface area contributed by atoms with Crippen LogP contribution in [-0.4, -0.2) is 30.6 Å². The van der Waals surface area contributed by atoms with Gasteiger partial charge in [0.15, 0.2) is 0 Å². The minimum absolute atomic E-state index is 0.0554. The van der Waals surface area contributed by atoms with Crippen molar-refractivity contribution in [2.75, 3.05) is 0 Å². The Morgan fingerprint density at radius 3 is 1.27 bits per heavy atom. The Labute approximate surface area is 185 Å². The summed E-state index contributed by atoms with van der Waals surface area (Å²) in [7, 11) is -1.23. The average molecular weight is 439 g/mol. The first-order valence-corrected chi connectivity index (χ1v) is 13.4. The molecule has 1 aliphatic rings. The lowest BCUT2D eigenvalue weighted by Crippen LogP contribution is -2.54. The lowest BCUT2D eigenvalue weighted by molar-refractivity contribution is 0.594. The van der Waals surface area contributed by atoms with E-state index in [2.05, 4.69) is 104 Å². The van der Waals surface area contributed by atoms with Crippen LogP contribution in [0.1, 0.15) is 55.4 Å². The van der Waals surface area contributed by atoms with Crippen molar-refractivity contribution < 1.29 is 0 Å². The predicted octanol–water partition coefficient (Wildman–Crippen LogP) is 6.63. The lowest BCUT2D eigenvalue weighted by Gasteiger charge is -2.58. The molecule has 0 saturated carbocycles. The molecule has 0 aliphatic heterocycles. The van der Waals surface area contributed by atoms with Crippen molar-refractivity contribution in [1.82, 2.24) is 9.97 Å². The van der Waals surface area contributed by atoms with Gasteiger partial charge in [-0.2, -0.15) is 0 Å². The molecule has 3 rings (SSSR count). The van der Waals surface area contributed by atoms with Crippen molar-refractivity contribution in [3.05, 3.63) is 73.1 Å². The summed E-state index contributed by atoms with van der Waals surface area (Å²) in [6.07, 6.45) is 13.3. The summed E-state index contributed by atoms with van der Waals surface area (Å²) in [4.78, 5) is 9.78. The summed E-state index contributed by atoms with van der Waals surface area (Å²) in [5, 5.41) is 0.108. The summed E-state index contributed by atoms with van der Waals surface area (Å²) >= 11 is 0. The number of allylic oxidation sites excluding steroid dienone is 4. The van der Waals surface area contributed by atoms with E-state index in [0.717, 1.165) is 0 Å². The highest BCUT2D eigenvalue weighted by molar-refractivity contribution is 7.73. The van der Waals surface area contributed by atoms with Gasteiger partial charge in [-0.3, -0.25) is 9.97 Å². The second kappa shape index (κ2) is 8.29. The van der Waals surface area contributed by atoms with Crippen LogP contribution in [0, 0.1) is 0 Å². The Hall–Kier alpha value is -1.36. The Bertz CT molecular complexity index is 832. The Morgan fingerprint density at radius 2 is 1.00 bits per heavy atom. The molecule has 0 spiro atoms. The van der Waals surface area contributed by atoms with Crippen molar-refractivity contribution in [2.24, 2.45) is 0 Å². The molecule has 0 fully saturated rings. The molecular formula is C26H36N2P2. The number of aromatic nitrogens is 2. The van der Waals surface area contributed by atoms with Gasteiger partial charge in [0.05, 0.1) is 10.9 Å². The van der Waals surface area contributed by atoms with E-state index >= 15 is 0 Å². The highest BCUT2D eigenvalue weighted by Crippen LogP contribution is 2.73. The molecule has 30 heavy (non-hydrogen) atoms. The average Bonchev–Trinajstić information content (AvgIpc) is 2.64. The monoisotopic (exact) mass is 438 g/mol. The van der Waals surface area contributed by atoms with Crippen LogP contribution in [-0.2, 0) is 0 Å². The van der Waals surface area contributed by atoms with Gasteiger partial charge in [-0.25, -0.2) is 0 Å². The second-order valence-electron chi connectivity index (χ2n) is 10.4. The molecule has 4 atom stereocenters. The van der Waals surface area contributed by atoms with Crippen LogP contribution in [0.25, 0.3) is 0 Å². The topological polar surface area (TPSA) is 25.8 Å². The third-order valence-corrected chi connectivity index (χ3v) is 13.4. The van der Waals surface area contributed by atoms with E-state index in [9.17, 15) is 0 Å². The molecule has 4 heteroatoms. The smallest absolute Gasteiger partial charge is 0.0644 e. The normalized spacial score (nSPS) is 26.4. The summed E-state index contributed by atoms with van der Waals surface area (Å²) in [5.74, 6) is 0. The zero-order valence-electron chi connectivity index (χ0n) is 19.7. The highest BCUT2D eigenvalue weighted by Gasteiger charge is 2.57. The molecule has 2 heterocycles. The van der Waals surface area contributed by atoms with E-state index in [1.807, 2.05) is 24.5 Å². The predicted molar refractivity (Wildman–Crippen MR) is 136 cm³/mol. The quantitative estimate of drug-likeness (QED) is 0.501.